The number of nitrogens with zero attached hydrogens (tertiary/aromatic N) is 4. The van der Waals surface area contributed by atoms with Gasteiger partial charge in [-0.2, -0.15) is 10.1 Å². The van der Waals surface area contributed by atoms with Crippen molar-refractivity contribution in [1.82, 2.24) is 19.7 Å². The lowest BCUT2D eigenvalue weighted by atomic mass is 10.1. The third kappa shape index (κ3) is 2.29. The summed E-state index contributed by atoms with van der Waals surface area (Å²) >= 11 is 1.63. The molecule has 5 nitrogen and oxygen atoms in total. The van der Waals surface area contributed by atoms with Gasteiger partial charge in [0.25, 0.3) is 0 Å². The van der Waals surface area contributed by atoms with E-state index >= 15 is 0 Å². The van der Waals surface area contributed by atoms with Gasteiger partial charge in [0.15, 0.2) is 5.82 Å². The first-order valence-electron chi connectivity index (χ1n) is 7.20. The van der Waals surface area contributed by atoms with E-state index < -0.39 is 0 Å². The van der Waals surface area contributed by atoms with Crippen molar-refractivity contribution in [2.24, 2.45) is 0 Å². The van der Waals surface area contributed by atoms with Crippen LogP contribution in [0.5, 0.6) is 0 Å². The Bertz CT molecular complexity index is 787. The van der Waals surface area contributed by atoms with Crippen LogP contribution in [0.4, 0.5) is 5.95 Å². The van der Waals surface area contributed by atoms with Gasteiger partial charge in [0.05, 0.1) is 11.1 Å². The topological polar surface area (TPSA) is 55.6 Å². The molecule has 0 saturated heterocycles. The van der Waals surface area contributed by atoms with Crippen LogP contribution >= 0.6 is 11.3 Å². The summed E-state index contributed by atoms with van der Waals surface area (Å²) in [5.74, 6) is 1.52. The summed E-state index contributed by atoms with van der Waals surface area (Å²) in [6.07, 6.45) is 0.982. The molecule has 0 aliphatic carbocycles. The lowest BCUT2D eigenvalue weighted by Gasteiger charge is -2.08. The molecule has 0 aliphatic rings. The Labute approximate surface area is 128 Å². The second-order valence-corrected chi connectivity index (χ2v) is 5.85. The maximum Gasteiger partial charge on any atom is 0.226 e. The number of hydrogen-bond donors (Lipinski definition) is 1. The van der Waals surface area contributed by atoms with Gasteiger partial charge in [-0.1, -0.05) is 6.92 Å². The van der Waals surface area contributed by atoms with Gasteiger partial charge >= 0.3 is 0 Å². The molecule has 3 aromatic heterocycles. The van der Waals surface area contributed by atoms with Gasteiger partial charge in [-0.05, 0) is 44.2 Å². The predicted octanol–water partition coefficient (Wildman–Crippen LogP) is 3.49. The van der Waals surface area contributed by atoms with Crippen LogP contribution in [-0.2, 0) is 6.42 Å². The molecule has 0 fully saturated rings. The van der Waals surface area contributed by atoms with Crippen molar-refractivity contribution in [2.75, 3.05) is 11.9 Å². The number of nitrogens with one attached hydrogen (secondary N) is 1. The summed E-state index contributed by atoms with van der Waals surface area (Å²) < 4.78 is 1.95. The first kappa shape index (κ1) is 14.0. The van der Waals surface area contributed by atoms with Crippen LogP contribution < -0.4 is 5.32 Å². The average molecular weight is 301 g/mol. The van der Waals surface area contributed by atoms with Gasteiger partial charge < -0.3 is 5.32 Å². The third-order valence-corrected chi connectivity index (χ3v) is 4.44. The van der Waals surface area contributed by atoms with E-state index in [-0.39, 0.29) is 0 Å². The monoisotopic (exact) mass is 301 g/mol. The van der Waals surface area contributed by atoms with Crippen molar-refractivity contribution in [3.8, 4) is 5.82 Å². The number of rotatable bonds is 4. The van der Waals surface area contributed by atoms with Crippen molar-refractivity contribution in [3.63, 3.8) is 0 Å². The molecule has 6 heteroatoms. The fraction of sp³-hybridized carbons (Fsp3) is 0.400. The Morgan fingerprint density at radius 1 is 1.24 bits per heavy atom. The SMILES string of the molecule is CCNc1nc(-n2nc(C)c(CC)c2C)c2ccsc2n1. The van der Waals surface area contributed by atoms with Crippen molar-refractivity contribution >= 4 is 27.5 Å². The predicted molar refractivity (Wildman–Crippen MR) is 87.6 cm³/mol. The highest BCUT2D eigenvalue weighted by Crippen LogP contribution is 2.27. The molecular weight excluding hydrogens is 282 g/mol. The Hall–Kier alpha value is -1.95. The van der Waals surface area contributed by atoms with Gasteiger partial charge in [0.2, 0.25) is 5.95 Å². The summed E-state index contributed by atoms with van der Waals surface area (Å²) in [6, 6.07) is 2.06. The van der Waals surface area contributed by atoms with Crippen LogP contribution in [-0.4, -0.2) is 26.3 Å². The molecule has 0 spiro atoms. The van der Waals surface area contributed by atoms with E-state index in [1.807, 2.05) is 17.0 Å². The first-order chi connectivity index (χ1) is 10.2. The number of aryl methyl sites for hydroxylation is 1. The minimum absolute atomic E-state index is 0.660. The second kappa shape index (κ2) is 5.44. The average Bonchev–Trinajstić information content (AvgIpc) is 3.03. The minimum Gasteiger partial charge on any atom is -0.354 e. The van der Waals surface area contributed by atoms with Crippen molar-refractivity contribution < 1.29 is 0 Å². The number of anilines is 1. The Morgan fingerprint density at radius 2 is 2.05 bits per heavy atom. The molecule has 0 amide bonds. The maximum atomic E-state index is 4.69. The molecule has 0 unspecified atom stereocenters. The van der Waals surface area contributed by atoms with Gasteiger partial charge in [-0.3, -0.25) is 0 Å². The van der Waals surface area contributed by atoms with Gasteiger partial charge in [0, 0.05) is 12.2 Å². The van der Waals surface area contributed by atoms with E-state index in [9.17, 15) is 0 Å². The van der Waals surface area contributed by atoms with Crippen molar-refractivity contribution in [2.45, 2.75) is 34.1 Å². The summed E-state index contributed by atoms with van der Waals surface area (Å²) in [6.45, 7) is 9.16. The van der Waals surface area contributed by atoms with Crippen LogP contribution in [0.2, 0.25) is 0 Å². The summed E-state index contributed by atoms with van der Waals surface area (Å²) in [7, 11) is 0. The molecule has 0 aliphatic heterocycles. The third-order valence-electron chi connectivity index (χ3n) is 3.64. The minimum atomic E-state index is 0.660. The molecule has 3 aromatic rings. The fourth-order valence-electron chi connectivity index (χ4n) is 2.63. The highest BCUT2D eigenvalue weighted by atomic mass is 32.1. The Balaban J connectivity index is 2.25. The van der Waals surface area contributed by atoms with Gasteiger partial charge in [-0.15, -0.1) is 11.3 Å². The molecule has 0 atom stereocenters. The quantitative estimate of drug-likeness (QED) is 0.801. The standard InChI is InChI=1S/C15H19N5S/c1-5-11-9(3)19-20(10(11)4)13-12-7-8-21-14(12)18-15(17-13)16-6-2/h7-8H,5-6H2,1-4H3,(H,16,17,18). The molecule has 3 heterocycles. The highest BCUT2D eigenvalue weighted by molar-refractivity contribution is 7.16. The summed E-state index contributed by atoms with van der Waals surface area (Å²) in [5, 5.41) is 11.0. The molecule has 0 bridgehead atoms. The van der Waals surface area contributed by atoms with Crippen LogP contribution in [0.3, 0.4) is 0 Å². The molecule has 1 N–H and O–H groups in total. The molecule has 0 saturated carbocycles. The van der Waals surface area contributed by atoms with Crippen LogP contribution in [0.25, 0.3) is 16.0 Å². The lowest BCUT2D eigenvalue weighted by Crippen LogP contribution is -2.08. The molecule has 0 radical (unpaired) electrons. The van der Waals surface area contributed by atoms with E-state index in [4.69, 9.17) is 0 Å². The van der Waals surface area contributed by atoms with Crippen LogP contribution in [0.15, 0.2) is 11.4 Å². The van der Waals surface area contributed by atoms with Crippen LogP contribution in [0.1, 0.15) is 30.8 Å². The largest absolute Gasteiger partial charge is 0.354 e. The van der Waals surface area contributed by atoms with E-state index in [2.05, 4.69) is 47.2 Å². The number of hydrogen-bond acceptors (Lipinski definition) is 5. The van der Waals surface area contributed by atoms with E-state index in [0.717, 1.165) is 40.4 Å². The highest BCUT2D eigenvalue weighted by Gasteiger charge is 2.16. The molecule has 3 rings (SSSR count). The molecule has 21 heavy (non-hydrogen) atoms. The lowest BCUT2D eigenvalue weighted by molar-refractivity contribution is 0.810. The molecule has 110 valence electrons. The molecule has 0 aromatic carbocycles. The van der Waals surface area contributed by atoms with Gasteiger partial charge in [-0.25, -0.2) is 9.67 Å². The van der Waals surface area contributed by atoms with E-state index in [1.54, 1.807) is 11.3 Å². The maximum absolute atomic E-state index is 4.69. The second-order valence-electron chi connectivity index (χ2n) is 4.96. The zero-order chi connectivity index (χ0) is 15.0. The van der Waals surface area contributed by atoms with E-state index in [0.29, 0.717) is 5.95 Å². The summed E-state index contributed by atoms with van der Waals surface area (Å²) in [4.78, 5) is 10.2. The Kier molecular flexibility index (Phi) is 3.63. The fourth-order valence-corrected chi connectivity index (χ4v) is 3.39. The van der Waals surface area contributed by atoms with Crippen LogP contribution in [0, 0.1) is 13.8 Å². The van der Waals surface area contributed by atoms with Gasteiger partial charge in [0.1, 0.15) is 4.83 Å². The number of thiophene rings is 1. The zero-order valence-electron chi connectivity index (χ0n) is 12.8. The first-order valence-corrected chi connectivity index (χ1v) is 8.08. The number of aromatic nitrogens is 4. The Morgan fingerprint density at radius 3 is 2.71 bits per heavy atom. The normalized spacial score (nSPS) is 11.2. The van der Waals surface area contributed by atoms with Crippen molar-refractivity contribution in [1.29, 1.82) is 0 Å². The summed E-state index contributed by atoms with van der Waals surface area (Å²) in [5.41, 5.74) is 3.52. The van der Waals surface area contributed by atoms with Crippen molar-refractivity contribution in [3.05, 3.63) is 28.4 Å². The van der Waals surface area contributed by atoms with E-state index in [1.165, 1.54) is 5.56 Å². The smallest absolute Gasteiger partial charge is 0.226 e. The zero-order valence-corrected chi connectivity index (χ0v) is 13.6. The number of fused-ring (bicyclic) bond motifs is 1. The molecular formula is C15H19N5S.